The van der Waals surface area contributed by atoms with Crippen molar-refractivity contribution in [1.82, 2.24) is 10.1 Å². The van der Waals surface area contributed by atoms with Crippen LogP contribution in [0.25, 0.3) is 0 Å². The van der Waals surface area contributed by atoms with Crippen molar-refractivity contribution < 1.29 is 9.32 Å². The third-order valence-corrected chi connectivity index (χ3v) is 2.88. The van der Waals surface area contributed by atoms with Gasteiger partial charge < -0.3 is 9.42 Å². The first-order valence-electron chi connectivity index (χ1n) is 5.00. The monoisotopic (exact) mass is 228 g/mol. The van der Waals surface area contributed by atoms with Gasteiger partial charge in [0.1, 0.15) is 0 Å². The average molecular weight is 229 g/mol. The lowest BCUT2D eigenvalue weighted by molar-refractivity contribution is -0.132. The van der Waals surface area contributed by atoms with Crippen LogP contribution in [0.15, 0.2) is 4.52 Å². The van der Waals surface area contributed by atoms with Crippen LogP contribution < -0.4 is 0 Å². The maximum absolute atomic E-state index is 11.6. The zero-order valence-corrected chi connectivity index (χ0v) is 9.38. The van der Waals surface area contributed by atoms with Crippen LogP contribution in [0.5, 0.6) is 0 Å². The summed E-state index contributed by atoms with van der Waals surface area (Å²) in [5.41, 5.74) is 2.10. The van der Waals surface area contributed by atoms with Crippen LogP contribution in [0.4, 0.5) is 0 Å². The molecular weight excluding hydrogens is 216 g/mol. The van der Waals surface area contributed by atoms with Gasteiger partial charge in [0.15, 0.2) is 5.76 Å². The van der Waals surface area contributed by atoms with Gasteiger partial charge in [-0.1, -0.05) is 5.16 Å². The number of fused-ring (bicyclic) bond motifs is 1. The second-order valence-electron chi connectivity index (χ2n) is 3.67. The Balaban J connectivity index is 2.09. The van der Waals surface area contributed by atoms with Crippen LogP contribution in [0.2, 0.25) is 0 Å². The van der Waals surface area contributed by atoms with Crippen LogP contribution >= 0.6 is 11.6 Å². The highest BCUT2D eigenvalue weighted by Gasteiger charge is 2.24. The van der Waals surface area contributed by atoms with Gasteiger partial charge in [-0.2, -0.15) is 0 Å². The molecule has 0 spiro atoms. The average Bonchev–Trinajstić information content (AvgIpc) is 2.60. The summed E-state index contributed by atoms with van der Waals surface area (Å²) in [6.45, 7) is 3.20. The molecule has 0 atom stereocenters. The Morgan fingerprint density at radius 3 is 3.20 bits per heavy atom. The topological polar surface area (TPSA) is 46.3 Å². The number of halogens is 1. The molecule has 0 unspecified atom stereocenters. The first-order chi connectivity index (χ1) is 7.22. The molecule has 0 saturated carbocycles. The van der Waals surface area contributed by atoms with E-state index in [0.717, 1.165) is 30.0 Å². The summed E-state index contributed by atoms with van der Waals surface area (Å²) in [4.78, 5) is 13.4. The highest BCUT2D eigenvalue weighted by atomic mass is 35.5. The standard InChI is InChI=1S/C10H13ClN2O2/c1-7-8-3-5-13(10(14)2-4-11)6-9(8)15-12-7/h2-6H2,1H3. The van der Waals surface area contributed by atoms with Crippen molar-refractivity contribution in [3.05, 3.63) is 17.0 Å². The fourth-order valence-corrected chi connectivity index (χ4v) is 1.99. The number of nitrogens with zero attached hydrogens (tertiary/aromatic N) is 2. The van der Waals surface area contributed by atoms with Crippen LogP contribution in [-0.4, -0.2) is 28.4 Å². The Kier molecular flexibility index (Phi) is 2.95. The summed E-state index contributed by atoms with van der Waals surface area (Å²) in [5, 5.41) is 3.90. The van der Waals surface area contributed by atoms with Crippen LogP contribution in [0, 0.1) is 6.92 Å². The van der Waals surface area contributed by atoms with Crippen molar-refractivity contribution in [3.8, 4) is 0 Å². The Morgan fingerprint density at radius 2 is 2.47 bits per heavy atom. The number of aromatic nitrogens is 1. The van der Waals surface area contributed by atoms with E-state index in [4.69, 9.17) is 16.1 Å². The second-order valence-corrected chi connectivity index (χ2v) is 4.05. The van der Waals surface area contributed by atoms with Gasteiger partial charge in [0.25, 0.3) is 0 Å². The van der Waals surface area contributed by atoms with E-state index < -0.39 is 0 Å². The molecule has 0 bridgehead atoms. The minimum absolute atomic E-state index is 0.0877. The van der Waals surface area contributed by atoms with Crippen molar-refractivity contribution in [2.45, 2.75) is 26.3 Å². The first-order valence-corrected chi connectivity index (χ1v) is 5.53. The number of hydrogen-bond acceptors (Lipinski definition) is 3. The smallest absolute Gasteiger partial charge is 0.224 e. The zero-order chi connectivity index (χ0) is 10.8. The summed E-state index contributed by atoms with van der Waals surface area (Å²) in [6.07, 6.45) is 1.22. The number of carbonyl (C=O) groups excluding carboxylic acids is 1. The number of rotatable bonds is 2. The van der Waals surface area contributed by atoms with Gasteiger partial charge in [0.2, 0.25) is 5.91 Å². The van der Waals surface area contributed by atoms with Gasteiger partial charge in [0.05, 0.1) is 12.2 Å². The van der Waals surface area contributed by atoms with E-state index in [1.165, 1.54) is 0 Å². The van der Waals surface area contributed by atoms with Gasteiger partial charge in [-0.25, -0.2) is 0 Å². The van der Waals surface area contributed by atoms with Crippen LogP contribution in [0.1, 0.15) is 23.4 Å². The minimum atomic E-state index is 0.0877. The van der Waals surface area contributed by atoms with E-state index >= 15 is 0 Å². The highest BCUT2D eigenvalue weighted by molar-refractivity contribution is 6.18. The minimum Gasteiger partial charge on any atom is -0.359 e. The van der Waals surface area contributed by atoms with E-state index in [2.05, 4.69) is 5.16 Å². The Morgan fingerprint density at radius 1 is 1.67 bits per heavy atom. The molecule has 0 radical (unpaired) electrons. The maximum Gasteiger partial charge on any atom is 0.224 e. The fraction of sp³-hybridized carbons (Fsp3) is 0.600. The molecule has 82 valence electrons. The molecule has 2 rings (SSSR count). The summed E-state index contributed by atoms with van der Waals surface area (Å²) >= 11 is 5.54. The Labute approximate surface area is 93.2 Å². The molecule has 0 saturated heterocycles. The van der Waals surface area contributed by atoms with Crippen molar-refractivity contribution in [1.29, 1.82) is 0 Å². The molecule has 0 fully saturated rings. The van der Waals surface area contributed by atoms with E-state index in [-0.39, 0.29) is 5.91 Å². The Bertz CT molecular complexity index is 375. The molecule has 0 N–H and O–H groups in total. The van der Waals surface area contributed by atoms with E-state index in [1.807, 2.05) is 6.92 Å². The molecule has 1 aromatic rings. The molecule has 5 heteroatoms. The normalized spacial score (nSPS) is 15.2. The zero-order valence-electron chi connectivity index (χ0n) is 8.62. The van der Waals surface area contributed by atoms with Gasteiger partial charge >= 0.3 is 0 Å². The summed E-state index contributed by atoms with van der Waals surface area (Å²) in [6, 6.07) is 0. The third-order valence-electron chi connectivity index (χ3n) is 2.69. The van der Waals surface area contributed by atoms with Gasteiger partial charge in [0, 0.05) is 24.4 Å². The Hall–Kier alpha value is -1.03. The molecule has 0 aliphatic carbocycles. The molecule has 4 nitrogen and oxygen atoms in total. The number of amides is 1. The lowest BCUT2D eigenvalue weighted by atomic mass is 10.1. The van der Waals surface area contributed by atoms with E-state index in [0.29, 0.717) is 18.8 Å². The van der Waals surface area contributed by atoms with Crippen molar-refractivity contribution in [3.63, 3.8) is 0 Å². The summed E-state index contributed by atoms with van der Waals surface area (Å²) < 4.78 is 5.17. The first kappa shape index (κ1) is 10.5. The predicted molar refractivity (Wildman–Crippen MR) is 55.7 cm³/mol. The summed E-state index contributed by atoms with van der Waals surface area (Å²) in [5.74, 6) is 1.28. The third kappa shape index (κ3) is 2.00. The maximum atomic E-state index is 11.6. The lowest BCUT2D eigenvalue weighted by Gasteiger charge is -2.25. The van der Waals surface area contributed by atoms with Crippen LogP contribution in [-0.2, 0) is 17.8 Å². The van der Waals surface area contributed by atoms with Crippen molar-refractivity contribution in [2.24, 2.45) is 0 Å². The molecule has 1 aliphatic heterocycles. The molecule has 0 aromatic carbocycles. The van der Waals surface area contributed by atoms with Crippen LogP contribution in [0.3, 0.4) is 0 Å². The largest absolute Gasteiger partial charge is 0.359 e. The SMILES string of the molecule is Cc1noc2c1CCN(C(=O)CCCl)C2. The quantitative estimate of drug-likeness (QED) is 0.721. The van der Waals surface area contributed by atoms with Gasteiger partial charge in [-0.15, -0.1) is 11.6 Å². The van der Waals surface area contributed by atoms with E-state index in [9.17, 15) is 4.79 Å². The number of alkyl halides is 1. The lowest BCUT2D eigenvalue weighted by Crippen LogP contribution is -2.35. The second kappa shape index (κ2) is 4.23. The molecule has 1 aromatic heterocycles. The fourth-order valence-electron chi connectivity index (χ4n) is 1.83. The van der Waals surface area contributed by atoms with E-state index in [1.54, 1.807) is 4.90 Å². The van der Waals surface area contributed by atoms with Gasteiger partial charge in [-0.3, -0.25) is 4.79 Å². The number of aryl methyl sites for hydroxylation is 1. The van der Waals surface area contributed by atoms with Crippen molar-refractivity contribution >= 4 is 17.5 Å². The summed E-state index contributed by atoms with van der Waals surface area (Å²) in [7, 11) is 0. The number of hydrogen-bond donors (Lipinski definition) is 0. The molecule has 1 amide bonds. The molecule has 2 heterocycles. The van der Waals surface area contributed by atoms with Crippen molar-refractivity contribution in [2.75, 3.05) is 12.4 Å². The molecule has 1 aliphatic rings. The molecule has 15 heavy (non-hydrogen) atoms. The number of carbonyl (C=O) groups is 1. The predicted octanol–water partition coefficient (Wildman–Crippen LogP) is 1.50. The van der Waals surface area contributed by atoms with Gasteiger partial charge in [-0.05, 0) is 13.3 Å². The highest BCUT2D eigenvalue weighted by Crippen LogP contribution is 2.21. The molecular formula is C10H13ClN2O2.